The van der Waals surface area contributed by atoms with Gasteiger partial charge < -0.3 is 15.5 Å². The van der Waals surface area contributed by atoms with Crippen LogP contribution in [0.5, 0.6) is 0 Å². The van der Waals surface area contributed by atoms with Crippen molar-refractivity contribution in [2.24, 2.45) is 0 Å². The molecular weight excluding hydrogens is 381 g/mol. The molecule has 0 spiro atoms. The molecule has 0 saturated carbocycles. The Hall–Kier alpha value is -2.02. The molecule has 2 aliphatic heterocycles. The number of rotatable bonds is 3. The van der Waals surface area contributed by atoms with Crippen LogP contribution >= 0.6 is 34.5 Å². The van der Waals surface area contributed by atoms with Gasteiger partial charge in [0.2, 0.25) is 0 Å². The van der Waals surface area contributed by atoms with Crippen molar-refractivity contribution in [3.8, 4) is 0 Å². The lowest BCUT2D eigenvalue weighted by Gasteiger charge is -2.25. The average Bonchev–Trinajstić information content (AvgIpc) is 3.18. The molecule has 5 nitrogen and oxygen atoms in total. The Kier molecular flexibility index (Phi) is 4.19. The SMILES string of the molecule is O=C1NC2=C(C(=O)N(Cc3cccs3)C2)[C@@H](c2ccc(Cl)c(Cl)c2)N1. The summed E-state index contributed by atoms with van der Waals surface area (Å²) in [4.78, 5) is 27.8. The summed E-state index contributed by atoms with van der Waals surface area (Å²) in [5, 5.41) is 8.35. The van der Waals surface area contributed by atoms with Gasteiger partial charge in [0, 0.05) is 4.88 Å². The van der Waals surface area contributed by atoms with Crippen LogP contribution < -0.4 is 10.6 Å². The summed E-state index contributed by atoms with van der Waals surface area (Å²) in [7, 11) is 0. The van der Waals surface area contributed by atoms with E-state index in [-0.39, 0.29) is 11.9 Å². The second kappa shape index (κ2) is 6.37. The van der Waals surface area contributed by atoms with Crippen molar-refractivity contribution in [3.05, 3.63) is 67.5 Å². The highest BCUT2D eigenvalue weighted by Gasteiger charge is 2.40. The standard InChI is InChI=1S/C17H13Cl2N3O2S/c18-11-4-3-9(6-12(11)19)15-14-13(20-17(24)21-15)8-22(16(14)23)7-10-2-1-5-25-10/h1-6,15H,7-8H2,(H2,20,21,24)/t15-/m1/s1. The van der Waals surface area contributed by atoms with Gasteiger partial charge in [0.15, 0.2) is 0 Å². The Labute approximate surface area is 158 Å². The van der Waals surface area contributed by atoms with Gasteiger partial charge in [-0.3, -0.25) is 4.79 Å². The fourth-order valence-electron chi connectivity index (χ4n) is 3.09. The summed E-state index contributed by atoms with van der Waals surface area (Å²) in [6.07, 6.45) is 0. The zero-order chi connectivity index (χ0) is 17.6. The Morgan fingerprint density at radius 2 is 2.04 bits per heavy atom. The largest absolute Gasteiger partial charge is 0.328 e. The second-order valence-corrected chi connectivity index (χ2v) is 7.68. The third-order valence-corrected chi connectivity index (χ3v) is 5.82. The number of hydrogen-bond acceptors (Lipinski definition) is 3. The van der Waals surface area contributed by atoms with E-state index in [4.69, 9.17) is 23.2 Å². The normalized spacial score (nSPS) is 19.8. The van der Waals surface area contributed by atoms with Crippen LogP contribution in [0.15, 0.2) is 47.0 Å². The lowest BCUT2D eigenvalue weighted by atomic mass is 9.96. The molecule has 2 aliphatic rings. The zero-order valence-electron chi connectivity index (χ0n) is 12.9. The van der Waals surface area contributed by atoms with Crippen molar-refractivity contribution in [3.63, 3.8) is 0 Å². The molecule has 4 rings (SSSR count). The number of nitrogens with zero attached hydrogens (tertiary/aromatic N) is 1. The van der Waals surface area contributed by atoms with Gasteiger partial charge in [-0.15, -0.1) is 11.3 Å². The van der Waals surface area contributed by atoms with Gasteiger partial charge in [0.05, 0.1) is 40.4 Å². The summed E-state index contributed by atoms with van der Waals surface area (Å²) in [6.45, 7) is 0.908. The number of halogens is 2. The average molecular weight is 394 g/mol. The van der Waals surface area contributed by atoms with Crippen molar-refractivity contribution >= 4 is 46.5 Å². The van der Waals surface area contributed by atoms with Crippen LogP contribution in [0.25, 0.3) is 0 Å². The maximum atomic E-state index is 12.9. The first kappa shape index (κ1) is 16.4. The van der Waals surface area contributed by atoms with Crippen molar-refractivity contribution in [2.75, 3.05) is 6.54 Å². The molecule has 1 atom stereocenters. The first-order chi connectivity index (χ1) is 12.0. The highest BCUT2D eigenvalue weighted by molar-refractivity contribution is 7.09. The van der Waals surface area contributed by atoms with Crippen LogP contribution in [0.3, 0.4) is 0 Å². The molecule has 1 aromatic carbocycles. The quantitative estimate of drug-likeness (QED) is 0.834. The molecule has 3 amide bonds. The van der Waals surface area contributed by atoms with Gasteiger partial charge >= 0.3 is 6.03 Å². The topological polar surface area (TPSA) is 61.4 Å². The number of benzene rings is 1. The lowest BCUT2D eigenvalue weighted by Crippen LogP contribution is -2.44. The molecule has 0 fully saturated rings. The first-order valence-electron chi connectivity index (χ1n) is 7.60. The number of hydrogen-bond donors (Lipinski definition) is 2. The van der Waals surface area contributed by atoms with E-state index in [2.05, 4.69) is 10.6 Å². The van der Waals surface area contributed by atoms with Gasteiger partial charge in [-0.05, 0) is 29.1 Å². The van der Waals surface area contributed by atoms with E-state index in [0.717, 1.165) is 10.4 Å². The van der Waals surface area contributed by atoms with Crippen LogP contribution in [0, 0.1) is 0 Å². The van der Waals surface area contributed by atoms with E-state index >= 15 is 0 Å². The third kappa shape index (κ3) is 3.01. The fraction of sp³-hybridized carbons (Fsp3) is 0.176. The Balaban J connectivity index is 1.66. The molecule has 1 aromatic heterocycles. The lowest BCUT2D eigenvalue weighted by molar-refractivity contribution is -0.126. The molecule has 25 heavy (non-hydrogen) atoms. The zero-order valence-corrected chi connectivity index (χ0v) is 15.2. The van der Waals surface area contributed by atoms with Gasteiger partial charge in [0.25, 0.3) is 5.91 Å². The van der Waals surface area contributed by atoms with Gasteiger partial charge in [0.1, 0.15) is 0 Å². The van der Waals surface area contributed by atoms with Crippen molar-refractivity contribution in [2.45, 2.75) is 12.6 Å². The molecule has 3 heterocycles. The van der Waals surface area contributed by atoms with Gasteiger partial charge in [-0.2, -0.15) is 0 Å². The van der Waals surface area contributed by atoms with Crippen molar-refractivity contribution in [1.29, 1.82) is 0 Å². The molecule has 0 bridgehead atoms. The fourth-order valence-corrected chi connectivity index (χ4v) is 4.11. The van der Waals surface area contributed by atoms with Crippen molar-refractivity contribution in [1.82, 2.24) is 15.5 Å². The summed E-state index contributed by atoms with van der Waals surface area (Å²) in [6, 6.07) is 8.18. The van der Waals surface area contributed by atoms with E-state index in [0.29, 0.717) is 34.4 Å². The molecule has 0 unspecified atom stereocenters. The smallest absolute Gasteiger partial charge is 0.319 e. The number of nitrogens with one attached hydrogen (secondary N) is 2. The van der Waals surface area contributed by atoms with Crippen LogP contribution in [0.4, 0.5) is 4.79 Å². The highest BCUT2D eigenvalue weighted by atomic mass is 35.5. The number of thiophene rings is 1. The summed E-state index contributed by atoms with van der Waals surface area (Å²) >= 11 is 13.7. The van der Waals surface area contributed by atoms with E-state index in [1.54, 1.807) is 34.4 Å². The molecule has 0 aliphatic carbocycles. The van der Waals surface area contributed by atoms with Gasteiger partial charge in [-0.1, -0.05) is 35.3 Å². The molecule has 2 aromatic rings. The van der Waals surface area contributed by atoms with Crippen LogP contribution in [-0.4, -0.2) is 23.4 Å². The van der Waals surface area contributed by atoms with Crippen LogP contribution in [0.2, 0.25) is 10.0 Å². The summed E-state index contributed by atoms with van der Waals surface area (Å²) < 4.78 is 0. The highest BCUT2D eigenvalue weighted by Crippen LogP contribution is 2.35. The van der Waals surface area contributed by atoms with E-state index in [1.807, 2.05) is 17.5 Å². The molecule has 2 N–H and O–H groups in total. The predicted octanol–water partition coefficient (Wildman–Crippen LogP) is 3.71. The van der Waals surface area contributed by atoms with E-state index in [9.17, 15) is 9.59 Å². The first-order valence-corrected chi connectivity index (χ1v) is 9.23. The number of urea groups is 1. The maximum Gasteiger partial charge on any atom is 0.319 e. The molecule has 0 radical (unpaired) electrons. The predicted molar refractivity (Wildman–Crippen MR) is 97.6 cm³/mol. The monoisotopic (exact) mass is 393 g/mol. The van der Waals surface area contributed by atoms with E-state index in [1.165, 1.54) is 0 Å². The van der Waals surface area contributed by atoms with Gasteiger partial charge in [-0.25, -0.2) is 4.79 Å². The molecule has 8 heteroatoms. The minimum absolute atomic E-state index is 0.0908. The second-order valence-electron chi connectivity index (χ2n) is 5.84. The van der Waals surface area contributed by atoms with Crippen LogP contribution in [-0.2, 0) is 11.3 Å². The maximum absolute atomic E-state index is 12.9. The van der Waals surface area contributed by atoms with Crippen LogP contribution in [0.1, 0.15) is 16.5 Å². The molecular formula is C17H13Cl2N3O2S. The summed E-state index contributed by atoms with van der Waals surface area (Å²) in [5.74, 6) is -0.0908. The Morgan fingerprint density at radius 3 is 2.76 bits per heavy atom. The van der Waals surface area contributed by atoms with Crippen molar-refractivity contribution < 1.29 is 9.59 Å². The number of carbonyl (C=O) groups excluding carboxylic acids is 2. The summed E-state index contributed by atoms with van der Waals surface area (Å²) in [5.41, 5.74) is 1.92. The minimum Gasteiger partial charge on any atom is -0.328 e. The number of amides is 3. The Morgan fingerprint density at radius 1 is 1.20 bits per heavy atom. The molecule has 128 valence electrons. The Bertz CT molecular complexity index is 895. The third-order valence-electron chi connectivity index (χ3n) is 4.22. The minimum atomic E-state index is -0.542. The number of carbonyl (C=O) groups is 2. The molecule has 0 saturated heterocycles. The van der Waals surface area contributed by atoms with E-state index < -0.39 is 6.04 Å².